The van der Waals surface area contributed by atoms with Gasteiger partial charge in [0.05, 0.1) is 0 Å². The molecule has 1 atom stereocenters. The molecule has 0 saturated carbocycles. The van der Waals surface area contributed by atoms with Gasteiger partial charge in [-0.3, -0.25) is 0 Å². The van der Waals surface area contributed by atoms with Gasteiger partial charge in [0.1, 0.15) is 0 Å². The Hall–Kier alpha value is 0.943. The Balaban J connectivity index is 0.00000144. The van der Waals surface area contributed by atoms with Crippen molar-refractivity contribution in [1.82, 2.24) is 0 Å². The molecule has 103 valence electrons. The third kappa shape index (κ3) is 3.33. The van der Waals surface area contributed by atoms with E-state index in [0.717, 1.165) is 5.92 Å². The third-order valence-corrected chi connectivity index (χ3v) is 10.2. The molecule has 0 radical (unpaired) electrons. The Bertz CT molecular complexity index is 340. The van der Waals surface area contributed by atoms with Crippen LogP contribution in [0.25, 0.3) is 0 Å². The number of hydrogen-bond donors (Lipinski definition) is 0. The predicted molar refractivity (Wildman–Crippen MR) is 68.3 cm³/mol. The van der Waals surface area contributed by atoms with E-state index in [0.29, 0.717) is 0 Å². The SMILES string of the molecule is CCC1=C(CC)C(CC)[C]([Zr+2]2[CH2][CH2]2)=C1CC.[Cl-].[Cl-]. The van der Waals surface area contributed by atoms with Crippen LogP contribution < -0.4 is 24.8 Å². The first-order valence-electron chi connectivity index (χ1n) is 7.08. The molecule has 1 unspecified atom stereocenters. The van der Waals surface area contributed by atoms with Gasteiger partial charge in [-0.2, -0.15) is 0 Å². The molecule has 0 aromatic rings. The summed E-state index contributed by atoms with van der Waals surface area (Å²) in [5.74, 6) is 0.909. The van der Waals surface area contributed by atoms with Gasteiger partial charge in [-0.15, -0.1) is 0 Å². The Morgan fingerprint density at radius 2 is 1.44 bits per heavy atom. The van der Waals surface area contributed by atoms with Crippen molar-refractivity contribution in [3.8, 4) is 0 Å². The Kier molecular flexibility index (Phi) is 8.71. The molecule has 1 aliphatic carbocycles. The molecule has 0 nitrogen and oxygen atoms in total. The second-order valence-corrected chi connectivity index (χ2v) is 11.8. The van der Waals surface area contributed by atoms with Crippen molar-refractivity contribution in [1.29, 1.82) is 0 Å². The van der Waals surface area contributed by atoms with Crippen molar-refractivity contribution >= 4 is 0 Å². The molecule has 18 heavy (non-hydrogen) atoms. The van der Waals surface area contributed by atoms with Crippen LogP contribution in [0.5, 0.6) is 0 Å². The van der Waals surface area contributed by atoms with Crippen LogP contribution in [0, 0.1) is 5.92 Å². The maximum Gasteiger partial charge on any atom is -1.00 e. The summed E-state index contributed by atoms with van der Waals surface area (Å²) < 4.78 is 5.37. The van der Waals surface area contributed by atoms with Crippen LogP contribution in [0.4, 0.5) is 0 Å². The van der Waals surface area contributed by atoms with Gasteiger partial charge in [0.2, 0.25) is 0 Å². The standard InChI is InChI=1S/C13H21.C2H4.2ClH.Zr/c1-5-10-9-11(6-2)13(8-4)12(10)7-3;1-2;;;/h10H,5-8H2,1-4H3;1-2H2;2*1H;/q;;;;+2/p-2. The molecule has 1 saturated heterocycles. The normalized spacial score (nSPS) is 22.0. The zero-order valence-electron chi connectivity index (χ0n) is 12.1. The second-order valence-electron chi connectivity index (χ2n) is 5.02. The molecule has 0 aromatic heterocycles. The van der Waals surface area contributed by atoms with Gasteiger partial charge < -0.3 is 24.8 Å². The number of rotatable bonds is 5. The summed E-state index contributed by atoms with van der Waals surface area (Å²) in [5, 5.41) is 0. The summed E-state index contributed by atoms with van der Waals surface area (Å²) >= 11 is -0.954. The molecule has 0 amide bonds. The smallest absolute Gasteiger partial charge is 1.00 e. The van der Waals surface area contributed by atoms with Crippen molar-refractivity contribution < 1.29 is 46.6 Å². The van der Waals surface area contributed by atoms with Crippen LogP contribution in [-0.4, -0.2) is 0 Å². The van der Waals surface area contributed by atoms with Crippen LogP contribution in [-0.2, 0) is 21.8 Å². The van der Waals surface area contributed by atoms with E-state index in [1.165, 1.54) is 25.7 Å². The van der Waals surface area contributed by atoms with Crippen LogP contribution >= 0.6 is 0 Å². The van der Waals surface area contributed by atoms with Crippen molar-refractivity contribution in [2.75, 3.05) is 0 Å². The van der Waals surface area contributed by atoms with E-state index < -0.39 is 21.8 Å². The Morgan fingerprint density at radius 3 is 1.78 bits per heavy atom. The van der Waals surface area contributed by atoms with E-state index in [2.05, 4.69) is 31.0 Å². The van der Waals surface area contributed by atoms with Crippen molar-refractivity contribution in [3.63, 3.8) is 0 Å². The van der Waals surface area contributed by atoms with Crippen LogP contribution in [0.3, 0.4) is 0 Å². The van der Waals surface area contributed by atoms with E-state index in [1.54, 1.807) is 13.8 Å². The number of halogens is 2. The quantitative estimate of drug-likeness (QED) is 0.602. The molecule has 3 heteroatoms. The summed E-state index contributed by atoms with van der Waals surface area (Å²) in [6.07, 6.45) is 5.26. The number of hydrogen-bond acceptors (Lipinski definition) is 0. The molecule has 1 fully saturated rings. The van der Waals surface area contributed by atoms with E-state index in [-0.39, 0.29) is 24.8 Å². The molecular formula is C15H25Cl2Zr. The average molecular weight is 367 g/mol. The molecule has 0 spiro atoms. The predicted octanol–water partition coefficient (Wildman–Crippen LogP) is -0.717. The zero-order chi connectivity index (χ0) is 11.7. The van der Waals surface area contributed by atoms with Gasteiger partial charge in [-0.05, 0) is 0 Å². The van der Waals surface area contributed by atoms with E-state index in [9.17, 15) is 0 Å². The first-order valence-corrected chi connectivity index (χ1v) is 11.8. The van der Waals surface area contributed by atoms with Crippen molar-refractivity contribution in [2.45, 2.75) is 61.6 Å². The Labute approximate surface area is 133 Å². The van der Waals surface area contributed by atoms with E-state index in [1.807, 2.05) is 11.1 Å². The minimum absolute atomic E-state index is 0. The minimum Gasteiger partial charge on any atom is -1.00 e. The molecule has 2 aliphatic rings. The van der Waals surface area contributed by atoms with Crippen LogP contribution in [0.1, 0.15) is 53.4 Å². The van der Waals surface area contributed by atoms with Crippen LogP contribution in [0.15, 0.2) is 20.0 Å². The van der Waals surface area contributed by atoms with Crippen LogP contribution in [0.2, 0.25) is 8.26 Å². The fraction of sp³-hybridized carbons (Fsp3) is 0.733. The largest absolute Gasteiger partial charge is 1.00 e. The average Bonchev–Trinajstić information content (AvgIpc) is 3.09. The summed E-state index contributed by atoms with van der Waals surface area (Å²) in [4.78, 5) is 0. The summed E-state index contributed by atoms with van der Waals surface area (Å²) in [6, 6.07) is 0. The minimum atomic E-state index is -0.954. The van der Waals surface area contributed by atoms with Gasteiger partial charge in [0, 0.05) is 0 Å². The molecular weight excluding hydrogens is 342 g/mol. The third-order valence-electron chi connectivity index (χ3n) is 4.22. The maximum atomic E-state index is 2.40. The molecule has 1 heterocycles. The van der Waals surface area contributed by atoms with Crippen molar-refractivity contribution in [3.05, 3.63) is 20.0 Å². The van der Waals surface area contributed by atoms with Gasteiger partial charge >= 0.3 is 109 Å². The van der Waals surface area contributed by atoms with Gasteiger partial charge in [-0.25, -0.2) is 0 Å². The number of allylic oxidation sites excluding steroid dienone is 4. The summed E-state index contributed by atoms with van der Waals surface area (Å²) in [6.45, 7) is 9.50. The van der Waals surface area contributed by atoms with Gasteiger partial charge in [-0.1, -0.05) is 0 Å². The first-order chi connectivity index (χ1) is 7.78. The second kappa shape index (κ2) is 8.28. The zero-order valence-corrected chi connectivity index (χ0v) is 16.0. The Morgan fingerprint density at radius 1 is 0.889 bits per heavy atom. The van der Waals surface area contributed by atoms with Gasteiger partial charge in [0.25, 0.3) is 0 Å². The monoisotopic (exact) mass is 365 g/mol. The topological polar surface area (TPSA) is 0 Å². The molecule has 1 aliphatic heterocycles. The molecule has 0 bridgehead atoms. The molecule has 0 aromatic carbocycles. The fourth-order valence-electron chi connectivity index (χ4n) is 3.50. The molecule has 0 N–H and O–H groups in total. The van der Waals surface area contributed by atoms with Gasteiger partial charge in [0.15, 0.2) is 0 Å². The fourth-order valence-corrected chi connectivity index (χ4v) is 10.9. The first kappa shape index (κ1) is 18.9. The summed E-state index contributed by atoms with van der Waals surface area (Å²) in [7, 11) is 0. The summed E-state index contributed by atoms with van der Waals surface area (Å²) in [5.41, 5.74) is 5.46. The van der Waals surface area contributed by atoms with E-state index in [4.69, 9.17) is 0 Å². The molecule has 2 rings (SSSR count). The van der Waals surface area contributed by atoms with E-state index >= 15 is 0 Å². The maximum absolute atomic E-state index is 2.40. The van der Waals surface area contributed by atoms with Crippen molar-refractivity contribution in [2.24, 2.45) is 5.92 Å².